The van der Waals surface area contributed by atoms with E-state index in [1.807, 2.05) is 0 Å². The van der Waals surface area contributed by atoms with E-state index in [9.17, 15) is 9.18 Å². The van der Waals surface area contributed by atoms with Crippen LogP contribution in [0.4, 0.5) is 10.1 Å². The first kappa shape index (κ1) is 10.3. The van der Waals surface area contributed by atoms with Gasteiger partial charge in [-0.3, -0.25) is 4.79 Å². The molecule has 1 aromatic carbocycles. The van der Waals surface area contributed by atoms with E-state index in [1.54, 1.807) is 0 Å². The van der Waals surface area contributed by atoms with E-state index in [-0.39, 0.29) is 16.8 Å². The molecule has 1 amide bonds. The van der Waals surface area contributed by atoms with Crippen LogP contribution in [0.3, 0.4) is 0 Å². The lowest BCUT2D eigenvalue weighted by molar-refractivity contribution is -0.113. The van der Waals surface area contributed by atoms with Crippen molar-refractivity contribution in [3.63, 3.8) is 0 Å². The molecule has 0 saturated heterocycles. The van der Waals surface area contributed by atoms with Gasteiger partial charge in [0, 0.05) is 5.69 Å². The van der Waals surface area contributed by atoms with Gasteiger partial charge in [-0.25, -0.2) is 4.39 Å². The van der Waals surface area contributed by atoms with Gasteiger partial charge < -0.3 is 5.32 Å². The fourth-order valence-corrected chi connectivity index (χ4v) is 0.953. The van der Waals surface area contributed by atoms with Crippen molar-refractivity contribution in [2.45, 2.75) is 0 Å². The maximum absolute atomic E-state index is 12.8. The summed E-state index contributed by atoms with van der Waals surface area (Å²) in [6.45, 7) is 0. The molecular formula is C8H6Cl2FNO. The fraction of sp³-hybridized carbons (Fsp3) is 0.125. The average Bonchev–Trinajstić information content (AvgIpc) is 2.11. The van der Waals surface area contributed by atoms with E-state index < -0.39 is 5.82 Å². The van der Waals surface area contributed by atoms with E-state index in [0.717, 1.165) is 6.07 Å². The van der Waals surface area contributed by atoms with Crippen LogP contribution in [0.5, 0.6) is 0 Å². The summed E-state index contributed by atoms with van der Waals surface area (Å²) in [7, 11) is 0. The summed E-state index contributed by atoms with van der Waals surface area (Å²) in [6, 6.07) is 3.99. The average molecular weight is 222 g/mol. The third-order valence-electron chi connectivity index (χ3n) is 1.32. The molecule has 5 heteroatoms. The molecule has 13 heavy (non-hydrogen) atoms. The van der Waals surface area contributed by atoms with Crippen molar-refractivity contribution in [2.75, 3.05) is 11.2 Å². The minimum Gasteiger partial charge on any atom is -0.325 e. The van der Waals surface area contributed by atoms with Gasteiger partial charge in [-0.1, -0.05) is 11.6 Å². The quantitative estimate of drug-likeness (QED) is 0.765. The number of hydrogen-bond acceptors (Lipinski definition) is 1. The molecule has 0 aliphatic heterocycles. The van der Waals surface area contributed by atoms with E-state index in [2.05, 4.69) is 5.32 Å². The highest BCUT2D eigenvalue weighted by Crippen LogP contribution is 2.18. The van der Waals surface area contributed by atoms with Crippen molar-refractivity contribution >= 4 is 34.8 Å². The van der Waals surface area contributed by atoms with Crippen LogP contribution in [0.25, 0.3) is 0 Å². The molecule has 0 spiro atoms. The van der Waals surface area contributed by atoms with Crippen LogP contribution in [-0.2, 0) is 4.79 Å². The van der Waals surface area contributed by atoms with Crippen molar-refractivity contribution in [3.8, 4) is 0 Å². The number of benzene rings is 1. The molecule has 0 saturated carbocycles. The molecule has 0 aromatic heterocycles. The zero-order valence-electron chi connectivity index (χ0n) is 6.48. The molecule has 0 aliphatic carbocycles. The Hall–Kier alpha value is -0.800. The molecule has 0 radical (unpaired) electrons. The summed E-state index contributed by atoms with van der Waals surface area (Å²) < 4.78 is 12.8. The van der Waals surface area contributed by atoms with Crippen LogP contribution in [0, 0.1) is 5.82 Å². The highest BCUT2D eigenvalue weighted by atomic mass is 35.5. The second-order valence-electron chi connectivity index (χ2n) is 2.31. The number of carbonyl (C=O) groups excluding carboxylic acids is 1. The second kappa shape index (κ2) is 4.44. The van der Waals surface area contributed by atoms with Crippen LogP contribution in [0.2, 0.25) is 5.02 Å². The van der Waals surface area contributed by atoms with Gasteiger partial charge >= 0.3 is 0 Å². The number of halogens is 3. The molecule has 0 fully saturated rings. The number of carbonyl (C=O) groups is 1. The number of alkyl halides is 1. The molecular weight excluding hydrogens is 216 g/mol. The zero-order chi connectivity index (χ0) is 9.84. The maximum atomic E-state index is 12.8. The highest BCUT2D eigenvalue weighted by molar-refractivity contribution is 6.31. The van der Waals surface area contributed by atoms with Crippen LogP contribution in [0.15, 0.2) is 18.2 Å². The Kier molecular flexibility index (Phi) is 3.51. The standard InChI is InChI=1S/C8H6Cl2FNO/c9-4-8(13)12-5-1-2-6(10)7(11)3-5/h1-3H,4H2,(H,12,13). The summed E-state index contributed by atoms with van der Waals surface area (Å²) in [6.07, 6.45) is 0. The lowest BCUT2D eigenvalue weighted by Gasteiger charge is -2.02. The van der Waals surface area contributed by atoms with Gasteiger partial charge in [-0.2, -0.15) is 0 Å². The minimum absolute atomic E-state index is 0.0175. The number of anilines is 1. The van der Waals surface area contributed by atoms with Gasteiger partial charge in [-0.15, -0.1) is 11.6 Å². The zero-order valence-corrected chi connectivity index (χ0v) is 7.99. The van der Waals surface area contributed by atoms with E-state index >= 15 is 0 Å². The Labute approximate surface area is 84.6 Å². The smallest absolute Gasteiger partial charge is 0.239 e. The SMILES string of the molecule is O=C(CCl)Nc1ccc(Cl)c(F)c1. The Morgan fingerprint density at radius 2 is 2.23 bits per heavy atom. The molecule has 0 atom stereocenters. The normalized spacial score (nSPS) is 9.77. The minimum atomic E-state index is -0.575. The summed E-state index contributed by atoms with van der Waals surface area (Å²) in [5.74, 6) is -1.12. The Morgan fingerprint density at radius 1 is 1.54 bits per heavy atom. The summed E-state index contributed by atoms with van der Waals surface area (Å²) in [4.78, 5) is 10.8. The van der Waals surface area contributed by atoms with Crippen molar-refractivity contribution in [1.29, 1.82) is 0 Å². The predicted octanol–water partition coefficient (Wildman–Crippen LogP) is 2.66. The monoisotopic (exact) mass is 221 g/mol. The van der Waals surface area contributed by atoms with Gasteiger partial charge in [-0.05, 0) is 18.2 Å². The third kappa shape index (κ3) is 2.86. The van der Waals surface area contributed by atoms with E-state index in [1.165, 1.54) is 12.1 Å². The first-order valence-electron chi connectivity index (χ1n) is 3.44. The van der Waals surface area contributed by atoms with Gasteiger partial charge in [0.1, 0.15) is 11.7 Å². The van der Waals surface area contributed by atoms with Crippen LogP contribution >= 0.6 is 23.2 Å². The van der Waals surface area contributed by atoms with Crippen molar-refractivity contribution in [2.24, 2.45) is 0 Å². The molecule has 1 rings (SSSR count). The van der Waals surface area contributed by atoms with Crippen LogP contribution < -0.4 is 5.32 Å². The van der Waals surface area contributed by atoms with Gasteiger partial charge in [0.15, 0.2) is 0 Å². The molecule has 0 aliphatic rings. The Bertz CT molecular complexity index is 330. The molecule has 0 unspecified atom stereocenters. The molecule has 1 aromatic rings. The van der Waals surface area contributed by atoms with E-state index in [4.69, 9.17) is 23.2 Å². The lowest BCUT2D eigenvalue weighted by atomic mass is 10.3. The lowest BCUT2D eigenvalue weighted by Crippen LogP contribution is -2.12. The summed E-state index contributed by atoms with van der Waals surface area (Å²) in [5.41, 5.74) is 0.340. The fourth-order valence-electron chi connectivity index (χ4n) is 0.768. The molecule has 70 valence electrons. The first-order chi connectivity index (χ1) is 6.13. The molecule has 1 N–H and O–H groups in total. The van der Waals surface area contributed by atoms with Crippen LogP contribution in [-0.4, -0.2) is 11.8 Å². The number of rotatable bonds is 2. The molecule has 2 nitrogen and oxygen atoms in total. The van der Waals surface area contributed by atoms with Gasteiger partial charge in [0.2, 0.25) is 5.91 Å². The Balaban J connectivity index is 2.79. The number of amides is 1. The molecule has 0 heterocycles. The number of nitrogens with one attached hydrogen (secondary N) is 1. The summed E-state index contributed by atoms with van der Waals surface area (Å²) >= 11 is 10.7. The van der Waals surface area contributed by atoms with Crippen molar-refractivity contribution < 1.29 is 9.18 Å². The second-order valence-corrected chi connectivity index (χ2v) is 2.99. The molecule has 0 bridgehead atoms. The van der Waals surface area contributed by atoms with E-state index in [0.29, 0.717) is 5.69 Å². The van der Waals surface area contributed by atoms with Crippen molar-refractivity contribution in [1.82, 2.24) is 0 Å². The van der Waals surface area contributed by atoms with Gasteiger partial charge in [0.25, 0.3) is 0 Å². The summed E-state index contributed by atoms with van der Waals surface area (Å²) in [5, 5.41) is 2.41. The van der Waals surface area contributed by atoms with Gasteiger partial charge in [0.05, 0.1) is 5.02 Å². The topological polar surface area (TPSA) is 29.1 Å². The Morgan fingerprint density at radius 3 is 2.77 bits per heavy atom. The number of hydrogen-bond donors (Lipinski definition) is 1. The largest absolute Gasteiger partial charge is 0.325 e. The third-order valence-corrected chi connectivity index (χ3v) is 1.87. The van der Waals surface area contributed by atoms with Crippen molar-refractivity contribution in [3.05, 3.63) is 29.0 Å². The first-order valence-corrected chi connectivity index (χ1v) is 4.35. The predicted molar refractivity (Wildman–Crippen MR) is 50.8 cm³/mol. The highest BCUT2D eigenvalue weighted by Gasteiger charge is 2.03. The maximum Gasteiger partial charge on any atom is 0.239 e. The van der Waals surface area contributed by atoms with Crippen LogP contribution in [0.1, 0.15) is 0 Å².